The highest BCUT2D eigenvalue weighted by Gasteiger charge is 2.33. The number of hydrogen-bond acceptors (Lipinski definition) is 2. The first kappa shape index (κ1) is 12.4. The standard InChI is InChI=1S/C11H6Cl3NO2/c12-11(13,14)10-8-4-2-1-3-7(8)5-6-9(10)15(16)17/h1-6H. The fraction of sp³-hybridized carbons (Fsp3) is 0.0909. The van der Waals surface area contributed by atoms with Crippen LogP contribution in [0.1, 0.15) is 5.56 Å². The Morgan fingerprint density at radius 1 is 1.06 bits per heavy atom. The molecule has 3 nitrogen and oxygen atoms in total. The molecule has 0 saturated heterocycles. The van der Waals surface area contributed by atoms with Gasteiger partial charge in [0.25, 0.3) is 5.69 Å². The second-order valence-corrected chi connectivity index (χ2v) is 5.72. The summed E-state index contributed by atoms with van der Waals surface area (Å²) in [4.78, 5) is 10.4. The molecule has 0 N–H and O–H groups in total. The summed E-state index contributed by atoms with van der Waals surface area (Å²) >= 11 is 17.4. The van der Waals surface area contributed by atoms with Crippen molar-refractivity contribution in [1.82, 2.24) is 0 Å². The van der Waals surface area contributed by atoms with Gasteiger partial charge in [-0.1, -0.05) is 59.1 Å². The molecule has 0 radical (unpaired) electrons. The summed E-state index contributed by atoms with van der Waals surface area (Å²) in [6.07, 6.45) is 0. The molecule has 0 bridgehead atoms. The Labute approximate surface area is 112 Å². The Kier molecular flexibility index (Phi) is 3.17. The summed E-state index contributed by atoms with van der Waals surface area (Å²) in [7, 11) is 0. The minimum Gasteiger partial charge on any atom is -0.258 e. The summed E-state index contributed by atoms with van der Waals surface area (Å²) < 4.78 is -1.83. The molecule has 0 unspecified atom stereocenters. The van der Waals surface area contributed by atoms with Crippen LogP contribution in [0.5, 0.6) is 0 Å². The third kappa shape index (κ3) is 2.32. The monoisotopic (exact) mass is 289 g/mol. The van der Waals surface area contributed by atoms with Crippen LogP contribution in [0.4, 0.5) is 5.69 Å². The molecule has 0 heterocycles. The molecule has 0 saturated carbocycles. The molecule has 0 aliphatic rings. The number of nitrogens with zero attached hydrogens (tertiary/aromatic N) is 1. The van der Waals surface area contributed by atoms with E-state index in [1.54, 1.807) is 24.3 Å². The Balaban J connectivity index is 2.90. The number of nitro benzene ring substituents is 1. The summed E-state index contributed by atoms with van der Waals surface area (Å²) in [5.74, 6) is 0. The van der Waals surface area contributed by atoms with E-state index in [1.807, 2.05) is 6.07 Å². The van der Waals surface area contributed by atoms with E-state index in [-0.39, 0.29) is 11.3 Å². The molecular formula is C11H6Cl3NO2. The lowest BCUT2D eigenvalue weighted by Crippen LogP contribution is -2.06. The van der Waals surface area contributed by atoms with Crippen molar-refractivity contribution in [2.45, 2.75) is 3.79 Å². The van der Waals surface area contributed by atoms with E-state index in [9.17, 15) is 10.1 Å². The van der Waals surface area contributed by atoms with E-state index in [4.69, 9.17) is 34.8 Å². The maximum absolute atomic E-state index is 10.9. The predicted molar refractivity (Wildman–Crippen MR) is 69.8 cm³/mol. The Morgan fingerprint density at radius 2 is 1.71 bits per heavy atom. The maximum atomic E-state index is 10.9. The molecule has 0 spiro atoms. The Morgan fingerprint density at radius 3 is 2.29 bits per heavy atom. The van der Waals surface area contributed by atoms with Gasteiger partial charge in [0.1, 0.15) is 0 Å². The molecule has 2 rings (SSSR count). The fourth-order valence-corrected chi connectivity index (χ4v) is 2.31. The van der Waals surface area contributed by atoms with Gasteiger partial charge in [-0.3, -0.25) is 10.1 Å². The number of hydrogen-bond donors (Lipinski definition) is 0. The van der Waals surface area contributed by atoms with Crippen molar-refractivity contribution in [2.75, 3.05) is 0 Å². The number of nitro groups is 1. The third-order valence-corrected chi connectivity index (χ3v) is 2.95. The molecule has 88 valence electrons. The van der Waals surface area contributed by atoms with Crippen molar-refractivity contribution in [1.29, 1.82) is 0 Å². The van der Waals surface area contributed by atoms with Crippen molar-refractivity contribution in [3.8, 4) is 0 Å². The van der Waals surface area contributed by atoms with Gasteiger partial charge in [-0.05, 0) is 16.8 Å². The molecule has 0 aromatic heterocycles. The first-order chi connectivity index (χ1) is 7.91. The first-order valence-electron chi connectivity index (χ1n) is 4.64. The molecule has 17 heavy (non-hydrogen) atoms. The van der Waals surface area contributed by atoms with Crippen LogP contribution < -0.4 is 0 Å². The Bertz CT molecular complexity index is 593. The van der Waals surface area contributed by atoms with Crippen LogP contribution in [0.3, 0.4) is 0 Å². The largest absolute Gasteiger partial charge is 0.277 e. The van der Waals surface area contributed by atoms with E-state index in [2.05, 4.69) is 0 Å². The van der Waals surface area contributed by atoms with E-state index in [1.165, 1.54) is 6.07 Å². The molecule has 2 aromatic carbocycles. The highest BCUT2D eigenvalue weighted by molar-refractivity contribution is 6.67. The lowest BCUT2D eigenvalue weighted by Gasteiger charge is -2.14. The second-order valence-electron chi connectivity index (χ2n) is 3.44. The molecule has 2 aromatic rings. The summed E-state index contributed by atoms with van der Waals surface area (Å²) in [6.45, 7) is 0. The molecule has 6 heteroatoms. The molecule has 0 fully saturated rings. The van der Waals surface area contributed by atoms with Crippen molar-refractivity contribution < 1.29 is 4.92 Å². The normalized spacial score (nSPS) is 11.7. The van der Waals surface area contributed by atoms with Gasteiger partial charge >= 0.3 is 0 Å². The molecule has 0 atom stereocenters. The van der Waals surface area contributed by atoms with Crippen LogP contribution in [0, 0.1) is 10.1 Å². The second kappa shape index (κ2) is 4.33. The quantitative estimate of drug-likeness (QED) is 0.438. The third-order valence-electron chi connectivity index (χ3n) is 2.39. The number of alkyl halides is 3. The molecule has 0 aliphatic heterocycles. The number of rotatable bonds is 1. The highest BCUT2D eigenvalue weighted by Crippen LogP contribution is 2.46. The number of fused-ring (bicyclic) bond motifs is 1. The topological polar surface area (TPSA) is 43.1 Å². The predicted octanol–water partition coefficient (Wildman–Crippen LogP) is 4.57. The van der Waals surface area contributed by atoms with Gasteiger partial charge in [-0.25, -0.2) is 0 Å². The van der Waals surface area contributed by atoms with Gasteiger partial charge in [0.2, 0.25) is 3.79 Å². The van der Waals surface area contributed by atoms with Gasteiger partial charge in [0.15, 0.2) is 0 Å². The van der Waals surface area contributed by atoms with Crippen molar-refractivity contribution in [3.05, 3.63) is 52.1 Å². The molecule has 0 amide bonds. The van der Waals surface area contributed by atoms with Crippen molar-refractivity contribution in [2.24, 2.45) is 0 Å². The fourth-order valence-electron chi connectivity index (χ4n) is 1.71. The lowest BCUT2D eigenvalue weighted by molar-refractivity contribution is -0.385. The highest BCUT2D eigenvalue weighted by atomic mass is 35.6. The average Bonchev–Trinajstić information content (AvgIpc) is 2.26. The SMILES string of the molecule is O=[N+]([O-])c1ccc2ccccc2c1C(Cl)(Cl)Cl. The minimum atomic E-state index is -1.83. The summed E-state index contributed by atoms with van der Waals surface area (Å²) in [5.41, 5.74) is -0.0886. The van der Waals surface area contributed by atoms with Crippen molar-refractivity contribution in [3.63, 3.8) is 0 Å². The summed E-state index contributed by atoms with van der Waals surface area (Å²) in [5, 5.41) is 12.3. The molecule has 0 aliphatic carbocycles. The summed E-state index contributed by atoms with van der Waals surface area (Å²) in [6, 6.07) is 10.0. The van der Waals surface area contributed by atoms with Crippen LogP contribution >= 0.6 is 34.8 Å². The maximum Gasteiger partial charge on any atom is 0.277 e. The number of benzene rings is 2. The van der Waals surface area contributed by atoms with E-state index >= 15 is 0 Å². The van der Waals surface area contributed by atoms with Gasteiger partial charge < -0.3 is 0 Å². The van der Waals surface area contributed by atoms with Crippen LogP contribution in [-0.2, 0) is 3.79 Å². The van der Waals surface area contributed by atoms with E-state index < -0.39 is 8.72 Å². The minimum absolute atomic E-state index is 0.102. The van der Waals surface area contributed by atoms with Crippen LogP contribution in [-0.4, -0.2) is 4.92 Å². The van der Waals surface area contributed by atoms with E-state index in [0.29, 0.717) is 5.39 Å². The molecular weight excluding hydrogens is 284 g/mol. The number of halogens is 3. The first-order valence-corrected chi connectivity index (χ1v) is 5.78. The van der Waals surface area contributed by atoms with Crippen LogP contribution in [0.25, 0.3) is 10.8 Å². The van der Waals surface area contributed by atoms with Crippen LogP contribution in [0.2, 0.25) is 0 Å². The Hall–Kier alpha value is -1.03. The van der Waals surface area contributed by atoms with Gasteiger partial charge in [-0.2, -0.15) is 0 Å². The van der Waals surface area contributed by atoms with Gasteiger partial charge in [0.05, 0.1) is 10.5 Å². The van der Waals surface area contributed by atoms with Gasteiger partial charge in [-0.15, -0.1) is 0 Å². The zero-order chi connectivity index (χ0) is 12.6. The zero-order valence-electron chi connectivity index (χ0n) is 8.36. The van der Waals surface area contributed by atoms with Crippen LogP contribution in [0.15, 0.2) is 36.4 Å². The van der Waals surface area contributed by atoms with E-state index in [0.717, 1.165) is 5.39 Å². The zero-order valence-corrected chi connectivity index (χ0v) is 10.6. The smallest absolute Gasteiger partial charge is 0.258 e. The van der Waals surface area contributed by atoms with Crippen molar-refractivity contribution >= 4 is 51.3 Å². The van der Waals surface area contributed by atoms with Gasteiger partial charge in [0, 0.05) is 6.07 Å². The lowest BCUT2D eigenvalue weighted by atomic mass is 10.0. The average molecular weight is 291 g/mol.